The molecule has 9 heavy (non-hydrogen) atoms. The van der Waals surface area contributed by atoms with E-state index in [-0.39, 0.29) is 0 Å². The van der Waals surface area contributed by atoms with Gasteiger partial charge in [0.1, 0.15) is 13.3 Å². The van der Waals surface area contributed by atoms with Crippen LogP contribution in [0.4, 0.5) is 4.79 Å². The molecule has 3 amide bonds. The van der Waals surface area contributed by atoms with Crippen molar-refractivity contribution in [3.05, 3.63) is 6.54 Å². The van der Waals surface area contributed by atoms with Crippen LogP contribution in [0.5, 0.6) is 0 Å². The Kier molecular flexibility index (Phi) is 1.35. The zero-order chi connectivity index (χ0) is 6.85. The largest absolute Gasteiger partial charge is 0.376 e. The molecule has 5 nitrogen and oxygen atoms in total. The molecule has 0 bridgehead atoms. The molecule has 1 radical (unpaired) electrons. The van der Waals surface area contributed by atoms with Gasteiger partial charge in [-0.2, -0.15) is 0 Å². The SMILES string of the molecule is O=C1[CH]NC(=O)N1CO. The number of nitrogens with one attached hydrogen (secondary N) is 1. The second-order valence-electron chi connectivity index (χ2n) is 1.50. The summed E-state index contributed by atoms with van der Waals surface area (Å²) >= 11 is 0. The van der Waals surface area contributed by atoms with Crippen LogP contribution in [-0.2, 0) is 4.79 Å². The van der Waals surface area contributed by atoms with E-state index in [0.29, 0.717) is 4.90 Å². The van der Waals surface area contributed by atoms with Crippen molar-refractivity contribution >= 4 is 11.9 Å². The minimum atomic E-state index is -0.581. The van der Waals surface area contributed by atoms with Crippen LogP contribution in [0.2, 0.25) is 0 Å². The van der Waals surface area contributed by atoms with E-state index in [9.17, 15) is 9.59 Å². The van der Waals surface area contributed by atoms with Gasteiger partial charge >= 0.3 is 6.03 Å². The molecule has 2 N–H and O–H groups in total. The predicted molar refractivity (Wildman–Crippen MR) is 26.8 cm³/mol. The molecule has 1 heterocycles. The molecule has 1 aliphatic heterocycles. The second kappa shape index (κ2) is 2.02. The van der Waals surface area contributed by atoms with Gasteiger partial charge < -0.3 is 10.4 Å². The predicted octanol–water partition coefficient (Wildman–Crippen LogP) is -1.35. The molecular weight excluding hydrogens is 124 g/mol. The fourth-order valence-electron chi connectivity index (χ4n) is 0.513. The zero-order valence-electron chi connectivity index (χ0n) is 4.50. The number of aliphatic hydroxyl groups is 1. The van der Waals surface area contributed by atoms with E-state index in [1.807, 2.05) is 0 Å². The lowest BCUT2D eigenvalue weighted by atomic mass is 10.6. The van der Waals surface area contributed by atoms with Crippen molar-refractivity contribution in [3.8, 4) is 0 Å². The summed E-state index contributed by atoms with van der Waals surface area (Å²) in [7, 11) is 0. The highest BCUT2D eigenvalue weighted by atomic mass is 16.3. The Morgan fingerprint density at radius 2 is 2.33 bits per heavy atom. The van der Waals surface area contributed by atoms with Crippen LogP contribution in [0.1, 0.15) is 0 Å². The standard InChI is InChI=1S/C4H5N2O3/c7-2-6-3(8)1-5-4(6)9/h1,7H,2H2,(H,5,9). The molecule has 0 aliphatic carbocycles. The van der Waals surface area contributed by atoms with Gasteiger partial charge in [-0.3, -0.25) is 4.79 Å². The monoisotopic (exact) mass is 129 g/mol. The van der Waals surface area contributed by atoms with Gasteiger partial charge in [0.25, 0.3) is 5.91 Å². The van der Waals surface area contributed by atoms with Crippen LogP contribution in [0, 0.1) is 6.54 Å². The van der Waals surface area contributed by atoms with Crippen LogP contribution in [0.3, 0.4) is 0 Å². The number of aliphatic hydroxyl groups excluding tert-OH is 1. The number of carbonyl (C=O) groups excluding carboxylic acids is 2. The lowest BCUT2D eigenvalue weighted by molar-refractivity contribution is -0.125. The third-order valence-electron chi connectivity index (χ3n) is 0.972. The molecule has 0 aromatic rings. The molecular formula is C4H5N2O3. The Morgan fingerprint density at radius 1 is 1.67 bits per heavy atom. The van der Waals surface area contributed by atoms with E-state index < -0.39 is 18.7 Å². The molecule has 5 heteroatoms. The summed E-state index contributed by atoms with van der Waals surface area (Å²) in [5, 5.41) is 10.5. The Bertz CT molecular complexity index is 140. The van der Waals surface area contributed by atoms with Crippen molar-refractivity contribution in [2.24, 2.45) is 0 Å². The smallest absolute Gasteiger partial charge is 0.326 e. The normalized spacial score (nSPS) is 18.6. The summed E-state index contributed by atoms with van der Waals surface area (Å²) < 4.78 is 0. The van der Waals surface area contributed by atoms with E-state index in [4.69, 9.17) is 5.11 Å². The van der Waals surface area contributed by atoms with Gasteiger partial charge in [0.05, 0.1) is 0 Å². The van der Waals surface area contributed by atoms with Gasteiger partial charge in [-0.05, 0) is 0 Å². The fourth-order valence-corrected chi connectivity index (χ4v) is 0.513. The van der Waals surface area contributed by atoms with Crippen molar-refractivity contribution in [1.29, 1.82) is 0 Å². The molecule has 0 aromatic carbocycles. The average Bonchev–Trinajstić information content (AvgIpc) is 2.12. The molecule has 0 atom stereocenters. The average molecular weight is 129 g/mol. The number of urea groups is 1. The van der Waals surface area contributed by atoms with Gasteiger partial charge in [-0.1, -0.05) is 0 Å². The van der Waals surface area contributed by atoms with Crippen molar-refractivity contribution in [3.63, 3.8) is 0 Å². The Balaban J connectivity index is 2.66. The van der Waals surface area contributed by atoms with Gasteiger partial charge in [0.15, 0.2) is 0 Å². The molecule has 1 rings (SSSR count). The van der Waals surface area contributed by atoms with Crippen molar-refractivity contribution < 1.29 is 14.7 Å². The number of amides is 3. The van der Waals surface area contributed by atoms with E-state index in [1.54, 1.807) is 0 Å². The highest BCUT2D eigenvalue weighted by Gasteiger charge is 2.27. The Labute approximate surface area is 51.3 Å². The number of rotatable bonds is 1. The maximum absolute atomic E-state index is 10.4. The number of nitrogens with zero attached hydrogens (tertiary/aromatic N) is 1. The fraction of sp³-hybridized carbons (Fsp3) is 0.250. The maximum atomic E-state index is 10.4. The molecule has 49 valence electrons. The zero-order valence-corrected chi connectivity index (χ0v) is 4.50. The lowest BCUT2D eigenvalue weighted by Crippen LogP contribution is -2.31. The minimum absolute atomic E-state index is 0.512. The molecule has 0 saturated carbocycles. The van der Waals surface area contributed by atoms with Crippen LogP contribution in [0.25, 0.3) is 0 Å². The molecule has 0 spiro atoms. The van der Waals surface area contributed by atoms with Crippen molar-refractivity contribution in [1.82, 2.24) is 10.2 Å². The molecule has 1 aliphatic rings. The van der Waals surface area contributed by atoms with Gasteiger partial charge in [0, 0.05) is 0 Å². The summed E-state index contributed by atoms with van der Waals surface area (Å²) in [6, 6.07) is -0.581. The van der Waals surface area contributed by atoms with Crippen LogP contribution in [0.15, 0.2) is 0 Å². The first kappa shape index (κ1) is 6.03. The quantitative estimate of drug-likeness (QED) is 0.430. The van der Waals surface area contributed by atoms with Crippen LogP contribution in [-0.4, -0.2) is 28.7 Å². The summed E-state index contributed by atoms with van der Waals surface area (Å²) in [6.45, 7) is 0.430. The Hall–Kier alpha value is -1.10. The summed E-state index contributed by atoms with van der Waals surface area (Å²) in [5.74, 6) is -0.512. The summed E-state index contributed by atoms with van der Waals surface area (Å²) in [5.41, 5.74) is 0. The molecule has 0 unspecified atom stereocenters. The minimum Gasteiger partial charge on any atom is -0.376 e. The van der Waals surface area contributed by atoms with E-state index in [1.165, 1.54) is 0 Å². The number of hydrogen-bond donors (Lipinski definition) is 2. The molecule has 1 fully saturated rings. The highest BCUT2D eigenvalue weighted by Crippen LogP contribution is 1.98. The topological polar surface area (TPSA) is 69.6 Å². The number of carbonyl (C=O) groups is 2. The Morgan fingerprint density at radius 3 is 2.56 bits per heavy atom. The maximum Gasteiger partial charge on any atom is 0.326 e. The highest BCUT2D eigenvalue weighted by molar-refractivity contribution is 6.05. The van der Waals surface area contributed by atoms with Gasteiger partial charge in [-0.15, -0.1) is 0 Å². The first-order valence-electron chi connectivity index (χ1n) is 2.32. The summed E-state index contributed by atoms with van der Waals surface area (Å²) in [4.78, 5) is 21.5. The molecule has 1 saturated heterocycles. The van der Waals surface area contributed by atoms with Crippen molar-refractivity contribution in [2.45, 2.75) is 0 Å². The van der Waals surface area contributed by atoms with E-state index in [2.05, 4.69) is 5.32 Å². The third-order valence-corrected chi connectivity index (χ3v) is 0.972. The van der Waals surface area contributed by atoms with Gasteiger partial charge in [0.2, 0.25) is 0 Å². The molecule has 0 aromatic heterocycles. The van der Waals surface area contributed by atoms with E-state index >= 15 is 0 Å². The van der Waals surface area contributed by atoms with E-state index in [0.717, 1.165) is 6.54 Å². The van der Waals surface area contributed by atoms with Crippen LogP contribution < -0.4 is 5.32 Å². The first-order chi connectivity index (χ1) is 4.25. The number of hydrogen-bond acceptors (Lipinski definition) is 3. The summed E-state index contributed by atoms with van der Waals surface area (Å²) in [6.07, 6.45) is 0. The van der Waals surface area contributed by atoms with Crippen LogP contribution >= 0.6 is 0 Å². The first-order valence-corrected chi connectivity index (χ1v) is 2.32. The van der Waals surface area contributed by atoms with Gasteiger partial charge in [-0.25, -0.2) is 9.69 Å². The lowest BCUT2D eigenvalue weighted by Gasteiger charge is -2.04. The number of imide groups is 1. The second-order valence-corrected chi connectivity index (χ2v) is 1.50. The third kappa shape index (κ3) is 0.857. The van der Waals surface area contributed by atoms with Crippen molar-refractivity contribution in [2.75, 3.05) is 6.73 Å².